The highest BCUT2D eigenvalue weighted by molar-refractivity contribution is 5.94. The lowest BCUT2D eigenvalue weighted by atomic mass is 10.2. The van der Waals surface area contributed by atoms with Gasteiger partial charge in [0, 0.05) is 11.3 Å². The average molecular weight is 332 g/mol. The molecule has 0 saturated carbocycles. The van der Waals surface area contributed by atoms with Gasteiger partial charge in [0.15, 0.2) is 11.6 Å². The van der Waals surface area contributed by atoms with Crippen LogP contribution in [0.4, 0.5) is 19.3 Å². The van der Waals surface area contributed by atoms with Gasteiger partial charge >= 0.3 is 6.09 Å². The van der Waals surface area contributed by atoms with Crippen molar-refractivity contribution in [1.82, 2.24) is 5.32 Å². The van der Waals surface area contributed by atoms with E-state index >= 15 is 0 Å². The SMILES string of the molecule is O=C(NCC1CN(c2ccccc2)C(=O)O1)c1ccc(F)c(F)c1. The van der Waals surface area contributed by atoms with Gasteiger partial charge in [-0.15, -0.1) is 0 Å². The van der Waals surface area contributed by atoms with Gasteiger partial charge < -0.3 is 10.1 Å². The number of halogens is 2. The minimum absolute atomic E-state index is 0.00172. The van der Waals surface area contributed by atoms with Crippen LogP contribution in [0.3, 0.4) is 0 Å². The standard InChI is InChI=1S/C17H14F2N2O3/c18-14-7-6-11(8-15(14)19)16(22)20-9-13-10-21(17(23)24-13)12-4-2-1-3-5-12/h1-8,13H,9-10H2,(H,20,22). The van der Waals surface area contributed by atoms with E-state index < -0.39 is 29.7 Å². The van der Waals surface area contributed by atoms with Crippen LogP contribution in [0.1, 0.15) is 10.4 Å². The smallest absolute Gasteiger partial charge is 0.414 e. The topological polar surface area (TPSA) is 58.6 Å². The number of para-hydroxylation sites is 1. The average Bonchev–Trinajstić information content (AvgIpc) is 2.97. The van der Waals surface area contributed by atoms with E-state index in [1.54, 1.807) is 24.3 Å². The molecule has 1 aliphatic rings. The maximum absolute atomic E-state index is 13.1. The summed E-state index contributed by atoms with van der Waals surface area (Å²) in [5.74, 6) is -2.68. The molecule has 2 amide bonds. The number of benzene rings is 2. The Balaban J connectivity index is 1.58. The van der Waals surface area contributed by atoms with Gasteiger partial charge in [0.25, 0.3) is 5.91 Å². The first-order valence-corrected chi connectivity index (χ1v) is 7.31. The Morgan fingerprint density at radius 3 is 2.62 bits per heavy atom. The van der Waals surface area contributed by atoms with E-state index in [9.17, 15) is 18.4 Å². The molecular formula is C17H14F2N2O3. The quantitative estimate of drug-likeness (QED) is 0.936. The van der Waals surface area contributed by atoms with Crippen molar-refractivity contribution in [3.8, 4) is 0 Å². The Labute approximate surface area is 136 Å². The number of carbonyl (C=O) groups is 2. The minimum atomic E-state index is -1.09. The van der Waals surface area contributed by atoms with Gasteiger partial charge in [-0.1, -0.05) is 18.2 Å². The van der Waals surface area contributed by atoms with E-state index in [0.29, 0.717) is 12.2 Å². The number of hydrogen-bond acceptors (Lipinski definition) is 3. The van der Waals surface area contributed by atoms with Gasteiger partial charge in [0.1, 0.15) is 6.10 Å². The molecule has 1 heterocycles. The van der Waals surface area contributed by atoms with Gasteiger partial charge in [-0.25, -0.2) is 13.6 Å². The van der Waals surface area contributed by atoms with Crippen LogP contribution in [-0.4, -0.2) is 31.2 Å². The number of rotatable bonds is 4. The third-order valence-corrected chi connectivity index (χ3v) is 3.61. The summed E-state index contributed by atoms with van der Waals surface area (Å²) in [6.07, 6.45) is -1.01. The minimum Gasteiger partial charge on any atom is -0.442 e. The maximum Gasteiger partial charge on any atom is 0.414 e. The number of hydrogen-bond donors (Lipinski definition) is 1. The Morgan fingerprint density at radius 2 is 1.92 bits per heavy atom. The fourth-order valence-corrected chi connectivity index (χ4v) is 2.39. The summed E-state index contributed by atoms with van der Waals surface area (Å²) in [5.41, 5.74) is 0.704. The molecule has 2 aromatic carbocycles. The second-order valence-corrected chi connectivity index (χ2v) is 5.29. The fourth-order valence-electron chi connectivity index (χ4n) is 2.39. The van der Waals surface area contributed by atoms with Crippen LogP contribution in [0, 0.1) is 11.6 Å². The zero-order valence-electron chi connectivity index (χ0n) is 12.5. The predicted molar refractivity (Wildman–Crippen MR) is 82.7 cm³/mol. The Hall–Kier alpha value is -2.96. The molecule has 124 valence electrons. The molecule has 1 N–H and O–H groups in total. The molecule has 24 heavy (non-hydrogen) atoms. The van der Waals surface area contributed by atoms with Crippen molar-refractivity contribution < 1.29 is 23.1 Å². The van der Waals surface area contributed by atoms with Gasteiger partial charge in [-0.2, -0.15) is 0 Å². The number of amides is 2. The highest BCUT2D eigenvalue weighted by atomic mass is 19.2. The van der Waals surface area contributed by atoms with Crippen LogP contribution < -0.4 is 10.2 Å². The van der Waals surface area contributed by atoms with Gasteiger partial charge in [0.2, 0.25) is 0 Å². The molecule has 1 atom stereocenters. The van der Waals surface area contributed by atoms with Crippen LogP contribution in [0.5, 0.6) is 0 Å². The van der Waals surface area contributed by atoms with Crippen molar-refractivity contribution in [2.24, 2.45) is 0 Å². The molecule has 0 spiro atoms. The maximum atomic E-state index is 13.1. The summed E-state index contributed by atoms with van der Waals surface area (Å²) in [6.45, 7) is 0.369. The molecule has 0 bridgehead atoms. The highest BCUT2D eigenvalue weighted by Crippen LogP contribution is 2.20. The Bertz CT molecular complexity index is 768. The second-order valence-electron chi connectivity index (χ2n) is 5.29. The summed E-state index contributed by atoms with van der Waals surface area (Å²) >= 11 is 0. The fraction of sp³-hybridized carbons (Fsp3) is 0.176. The molecule has 1 aliphatic heterocycles. The zero-order chi connectivity index (χ0) is 17.1. The Kier molecular flexibility index (Phi) is 4.41. The van der Waals surface area contributed by atoms with Gasteiger partial charge in [-0.3, -0.25) is 9.69 Å². The molecule has 0 radical (unpaired) electrons. The van der Waals surface area contributed by atoms with Crippen molar-refractivity contribution in [2.45, 2.75) is 6.10 Å². The first-order valence-electron chi connectivity index (χ1n) is 7.31. The summed E-state index contributed by atoms with van der Waals surface area (Å²) in [4.78, 5) is 25.3. The summed E-state index contributed by atoms with van der Waals surface area (Å²) in [5, 5.41) is 2.55. The van der Waals surface area contributed by atoms with Crippen molar-refractivity contribution in [3.05, 3.63) is 65.7 Å². The number of cyclic esters (lactones) is 1. The Morgan fingerprint density at radius 1 is 1.17 bits per heavy atom. The monoisotopic (exact) mass is 332 g/mol. The van der Waals surface area contributed by atoms with E-state index in [1.807, 2.05) is 6.07 Å². The van der Waals surface area contributed by atoms with E-state index in [-0.39, 0.29) is 12.1 Å². The molecule has 2 aromatic rings. The van der Waals surface area contributed by atoms with E-state index in [4.69, 9.17) is 4.74 Å². The molecular weight excluding hydrogens is 318 g/mol. The first kappa shape index (κ1) is 15.9. The van der Waals surface area contributed by atoms with E-state index in [0.717, 1.165) is 12.1 Å². The number of anilines is 1. The van der Waals surface area contributed by atoms with E-state index in [1.165, 1.54) is 11.0 Å². The molecule has 0 aliphatic carbocycles. The molecule has 1 saturated heterocycles. The van der Waals surface area contributed by atoms with Crippen molar-refractivity contribution in [3.63, 3.8) is 0 Å². The zero-order valence-corrected chi connectivity index (χ0v) is 12.5. The molecule has 1 fully saturated rings. The highest BCUT2D eigenvalue weighted by Gasteiger charge is 2.32. The summed E-state index contributed by atoms with van der Waals surface area (Å²) in [7, 11) is 0. The lowest BCUT2D eigenvalue weighted by molar-refractivity contribution is 0.0915. The lowest BCUT2D eigenvalue weighted by Crippen LogP contribution is -2.34. The number of nitrogens with one attached hydrogen (secondary N) is 1. The molecule has 7 heteroatoms. The third-order valence-electron chi connectivity index (χ3n) is 3.61. The number of nitrogens with zero attached hydrogens (tertiary/aromatic N) is 1. The molecule has 3 rings (SSSR count). The summed E-state index contributed by atoms with van der Waals surface area (Å²) < 4.78 is 31.2. The van der Waals surface area contributed by atoms with Gasteiger partial charge in [0.05, 0.1) is 13.1 Å². The van der Waals surface area contributed by atoms with Crippen molar-refractivity contribution in [2.75, 3.05) is 18.0 Å². The van der Waals surface area contributed by atoms with Crippen LogP contribution in [0.2, 0.25) is 0 Å². The van der Waals surface area contributed by atoms with Gasteiger partial charge in [-0.05, 0) is 30.3 Å². The van der Waals surface area contributed by atoms with Crippen LogP contribution in [0.15, 0.2) is 48.5 Å². The molecule has 1 unspecified atom stereocenters. The normalized spacial score (nSPS) is 16.8. The van der Waals surface area contributed by atoms with Crippen molar-refractivity contribution >= 4 is 17.7 Å². The van der Waals surface area contributed by atoms with Crippen LogP contribution >= 0.6 is 0 Å². The van der Waals surface area contributed by atoms with Crippen LogP contribution in [0.25, 0.3) is 0 Å². The van der Waals surface area contributed by atoms with Crippen LogP contribution in [-0.2, 0) is 4.74 Å². The van der Waals surface area contributed by atoms with Crippen molar-refractivity contribution in [1.29, 1.82) is 0 Å². The lowest BCUT2D eigenvalue weighted by Gasteiger charge is -2.12. The molecule has 5 nitrogen and oxygen atoms in total. The number of carbonyl (C=O) groups excluding carboxylic acids is 2. The predicted octanol–water partition coefficient (Wildman–Crippen LogP) is 2.72. The number of ether oxygens (including phenoxy) is 1. The third kappa shape index (κ3) is 3.34. The second kappa shape index (κ2) is 6.66. The first-order chi connectivity index (χ1) is 11.5. The molecule has 0 aromatic heterocycles. The summed E-state index contributed by atoms with van der Waals surface area (Å²) in [6, 6.07) is 11.9. The van der Waals surface area contributed by atoms with E-state index in [2.05, 4.69) is 5.32 Å². The largest absolute Gasteiger partial charge is 0.442 e.